The van der Waals surface area contributed by atoms with Gasteiger partial charge in [0.05, 0.1) is 15.5 Å². The largest absolute Gasteiger partial charge is 0.341 e. The van der Waals surface area contributed by atoms with E-state index in [-0.39, 0.29) is 0 Å². The van der Waals surface area contributed by atoms with E-state index in [0.29, 0.717) is 6.04 Å². The normalized spacial score (nSPS) is 16.0. The fourth-order valence-corrected chi connectivity index (χ4v) is 3.75. The maximum Gasteiger partial charge on any atom is 0.225 e. The lowest BCUT2D eigenvalue weighted by Crippen LogP contribution is -2.36. The number of fused-ring (bicyclic) bond motifs is 1. The fraction of sp³-hybridized carbons (Fsp3) is 0.389. The van der Waals surface area contributed by atoms with Gasteiger partial charge < -0.3 is 9.47 Å². The molecule has 2 aromatic heterocycles. The molecule has 6 heteroatoms. The molecule has 0 spiro atoms. The summed E-state index contributed by atoms with van der Waals surface area (Å²) in [5.74, 6) is 2.01. The average molecular weight is 386 g/mol. The molecule has 24 heavy (non-hydrogen) atoms. The Balaban J connectivity index is 1.57. The van der Waals surface area contributed by atoms with Gasteiger partial charge in [0.25, 0.3) is 0 Å². The van der Waals surface area contributed by atoms with Crippen molar-refractivity contribution in [3.63, 3.8) is 0 Å². The number of hydrogen-bond donors (Lipinski definition) is 0. The summed E-state index contributed by atoms with van der Waals surface area (Å²) in [6.45, 7) is 4.13. The molecule has 0 atom stereocenters. The van der Waals surface area contributed by atoms with E-state index in [9.17, 15) is 0 Å². The van der Waals surface area contributed by atoms with Crippen LogP contribution in [-0.2, 0) is 6.42 Å². The SMILES string of the molecule is CCc1nc2ccccc2n1C1CCN(c2ncc(Br)cn2)CC1. The van der Waals surface area contributed by atoms with Crippen LogP contribution in [0.25, 0.3) is 11.0 Å². The van der Waals surface area contributed by atoms with Gasteiger partial charge in [-0.3, -0.25) is 0 Å². The van der Waals surface area contributed by atoms with Crippen LogP contribution in [0.3, 0.4) is 0 Å². The molecule has 1 aliphatic heterocycles. The van der Waals surface area contributed by atoms with E-state index in [1.807, 2.05) is 12.4 Å². The molecule has 0 amide bonds. The number of nitrogens with zero attached hydrogens (tertiary/aromatic N) is 5. The minimum atomic E-state index is 0.499. The van der Waals surface area contributed by atoms with Gasteiger partial charge >= 0.3 is 0 Å². The van der Waals surface area contributed by atoms with Gasteiger partial charge in [0, 0.05) is 37.9 Å². The Bertz CT molecular complexity index is 834. The van der Waals surface area contributed by atoms with E-state index < -0.39 is 0 Å². The number of benzene rings is 1. The summed E-state index contributed by atoms with van der Waals surface area (Å²) in [4.78, 5) is 15.9. The minimum Gasteiger partial charge on any atom is -0.341 e. The van der Waals surface area contributed by atoms with Crippen molar-refractivity contribution in [3.8, 4) is 0 Å². The third kappa shape index (κ3) is 2.79. The standard InChI is InChI=1S/C18H20BrN5/c1-2-17-22-15-5-3-4-6-16(15)24(17)14-7-9-23(10-8-14)18-20-11-13(19)12-21-18/h3-6,11-12,14H,2,7-10H2,1H3. The maximum absolute atomic E-state index is 4.81. The zero-order valence-corrected chi connectivity index (χ0v) is 15.3. The van der Waals surface area contributed by atoms with Crippen LogP contribution >= 0.6 is 15.9 Å². The van der Waals surface area contributed by atoms with E-state index in [4.69, 9.17) is 4.98 Å². The van der Waals surface area contributed by atoms with Crippen molar-refractivity contribution in [2.75, 3.05) is 18.0 Å². The molecule has 124 valence electrons. The smallest absolute Gasteiger partial charge is 0.225 e. The lowest BCUT2D eigenvalue weighted by Gasteiger charge is -2.33. The van der Waals surface area contributed by atoms with Crippen molar-refractivity contribution in [2.24, 2.45) is 0 Å². The van der Waals surface area contributed by atoms with Crippen LogP contribution in [0.1, 0.15) is 31.6 Å². The van der Waals surface area contributed by atoms with Gasteiger partial charge in [-0.15, -0.1) is 0 Å². The lowest BCUT2D eigenvalue weighted by molar-refractivity contribution is 0.392. The number of aryl methyl sites for hydroxylation is 1. The second-order valence-electron chi connectivity index (χ2n) is 6.16. The first-order chi connectivity index (χ1) is 11.8. The number of rotatable bonds is 3. The number of anilines is 1. The van der Waals surface area contributed by atoms with Crippen LogP contribution in [0.15, 0.2) is 41.1 Å². The molecule has 5 nitrogen and oxygen atoms in total. The molecule has 0 radical (unpaired) electrons. The third-order valence-corrected chi connectivity index (χ3v) is 5.11. The molecule has 1 aliphatic rings. The highest BCUT2D eigenvalue weighted by Gasteiger charge is 2.25. The minimum absolute atomic E-state index is 0.499. The molecule has 0 unspecified atom stereocenters. The number of para-hydroxylation sites is 2. The fourth-order valence-electron chi connectivity index (χ4n) is 3.54. The Hall–Kier alpha value is -1.95. The summed E-state index contributed by atoms with van der Waals surface area (Å²) in [6, 6.07) is 8.96. The van der Waals surface area contributed by atoms with Crippen LogP contribution < -0.4 is 4.90 Å². The number of imidazole rings is 1. The van der Waals surface area contributed by atoms with Gasteiger partial charge in [-0.1, -0.05) is 19.1 Å². The van der Waals surface area contributed by atoms with Crippen LogP contribution in [0.2, 0.25) is 0 Å². The van der Waals surface area contributed by atoms with E-state index in [1.165, 1.54) is 11.3 Å². The van der Waals surface area contributed by atoms with Crippen LogP contribution in [0, 0.1) is 0 Å². The van der Waals surface area contributed by atoms with Crippen molar-refractivity contribution < 1.29 is 0 Å². The first-order valence-electron chi connectivity index (χ1n) is 8.44. The van der Waals surface area contributed by atoms with Crippen molar-refractivity contribution in [1.82, 2.24) is 19.5 Å². The zero-order valence-electron chi connectivity index (χ0n) is 13.7. The molecule has 1 aromatic carbocycles. The molecule has 0 bridgehead atoms. The average Bonchev–Trinajstić information content (AvgIpc) is 3.01. The predicted octanol–water partition coefficient (Wildman–Crippen LogP) is 3.99. The Morgan fingerprint density at radius 3 is 2.54 bits per heavy atom. The Morgan fingerprint density at radius 1 is 1.12 bits per heavy atom. The van der Waals surface area contributed by atoms with E-state index in [2.05, 4.69) is 66.6 Å². The van der Waals surface area contributed by atoms with Gasteiger partial charge in [0.2, 0.25) is 5.95 Å². The molecular formula is C18H20BrN5. The topological polar surface area (TPSA) is 46.8 Å². The van der Waals surface area contributed by atoms with Gasteiger partial charge in [-0.25, -0.2) is 15.0 Å². The molecule has 0 N–H and O–H groups in total. The Morgan fingerprint density at radius 2 is 1.83 bits per heavy atom. The molecule has 1 saturated heterocycles. The third-order valence-electron chi connectivity index (χ3n) is 4.70. The van der Waals surface area contributed by atoms with Crippen LogP contribution in [0.5, 0.6) is 0 Å². The summed E-state index contributed by atoms with van der Waals surface area (Å²) >= 11 is 3.39. The molecule has 3 heterocycles. The van der Waals surface area contributed by atoms with Gasteiger partial charge in [0.1, 0.15) is 5.82 Å². The molecular weight excluding hydrogens is 366 g/mol. The molecule has 3 aromatic rings. The summed E-state index contributed by atoms with van der Waals surface area (Å²) < 4.78 is 3.37. The first kappa shape index (κ1) is 15.6. The van der Waals surface area contributed by atoms with Gasteiger partial charge in [0.15, 0.2) is 0 Å². The van der Waals surface area contributed by atoms with Crippen molar-refractivity contribution in [2.45, 2.75) is 32.2 Å². The highest BCUT2D eigenvalue weighted by atomic mass is 79.9. The summed E-state index contributed by atoms with van der Waals surface area (Å²) in [5, 5.41) is 0. The van der Waals surface area contributed by atoms with E-state index in [0.717, 1.165) is 48.3 Å². The second-order valence-corrected chi connectivity index (χ2v) is 7.08. The van der Waals surface area contributed by atoms with Crippen LogP contribution in [0.4, 0.5) is 5.95 Å². The number of hydrogen-bond acceptors (Lipinski definition) is 4. The van der Waals surface area contributed by atoms with Crippen molar-refractivity contribution in [3.05, 3.63) is 47.0 Å². The summed E-state index contributed by atoms with van der Waals surface area (Å²) in [5.41, 5.74) is 2.36. The number of halogens is 1. The molecule has 0 saturated carbocycles. The highest BCUT2D eigenvalue weighted by Crippen LogP contribution is 2.30. The quantitative estimate of drug-likeness (QED) is 0.683. The van der Waals surface area contributed by atoms with Gasteiger partial charge in [-0.2, -0.15) is 0 Å². The Kier molecular flexibility index (Phi) is 4.22. The highest BCUT2D eigenvalue weighted by molar-refractivity contribution is 9.10. The Labute approximate surface area is 149 Å². The van der Waals surface area contributed by atoms with E-state index >= 15 is 0 Å². The summed E-state index contributed by atoms with van der Waals surface area (Å²) in [6.07, 6.45) is 6.77. The van der Waals surface area contributed by atoms with Crippen LogP contribution in [-0.4, -0.2) is 32.6 Å². The van der Waals surface area contributed by atoms with Crippen molar-refractivity contribution in [1.29, 1.82) is 0 Å². The molecule has 1 fully saturated rings. The monoisotopic (exact) mass is 385 g/mol. The van der Waals surface area contributed by atoms with Gasteiger partial charge in [-0.05, 0) is 40.9 Å². The lowest BCUT2D eigenvalue weighted by atomic mass is 10.0. The first-order valence-corrected chi connectivity index (χ1v) is 9.24. The zero-order chi connectivity index (χ0) is 16.5. The second kappa shape index (κ2) is 6.51. The molecule has 0 aliphatic carbocycles. The van der Waals surface area contributed by atoms with E-state index in [1.54, 1.807) is 0 Å². The number of aromatic nitrogens is 4. The maximum atomic E-state index is 4.81. The van der Waals surface area contributed by atoms with Crippen molar-refractivity contribution >= 4 is 32.9 Å². The predicted molar refractivity (Wildman–Crippen MR) is 99.3 cm³/mol. The summed E-state index contributed by atoms with van der Waals surface area (Å²) in [7, 11) is 0. The molecule has 4 rings (SSSR count). The number of piperidine rings is 1.